The summed E-state index contributed by atoms with van der Waals surface area (Å²) in [7, 11) is 0. The van der Waals surface area contributed by atoms with Gasteiger partial charge in [-0.15, -0.1) is 12.3 Å². The molecule has 1 aliphatic carbocycles. The van der Waals surface area contributed by atoms with Crippen LogP contribution in [0.4, 0.5) is 4.79 Å². The molecule has 0 atom stereocenters. The zero-order chi connectivity index (χ0) is 14.8. The number of amides is 1. The highest BCUT2D eigenvalue weighted by Crippen LogP contribution is 2.32. The van der Waals surface area contributed by atoms with E-state index in [-0.39, 0.29) is 12.1 Å². The van der Waals surface area contributed by atoms with Gasteiger partial charge in [0.05, 0.1) is 0 Å². The molecule has 0 aromatic rings. The second-order valence-electron chi connectivity index (χ2n) is 6.95. The number of hydrogen-bond donors (Lipinski definition) is 1. The molecular weight excluding hydrogens is 252 g/mol. The maximum atomic E-state index is 11.7. The number of nitrogens with one attached hydrogen (secondary N) is 1. The van der Waals surface area contributed by atoms with Crippen LogP contribution >= 0.6 is 0 Å². The molecular formula is C16H26N2O2. The summed E-state index contributed by atoms with van der Waals surface area (Å²) in [5, 5.41) is 2.97. The number of alkyl carbamates (subject to hydrolysis) is 1. The molecule has 112 valence electrons. The summed E-state index contributed by atoms with van der Waals surface area (Å²) >= 11 is 0. The van der Waals surface area contributed by atoms with Crippen LogP contribution in [0.1, 0.15) is 46.5 Å². The van der Waals surface area contributed by atoms with Crippen molar-refractivity contribution in [1.82, 2.24) is 10.2 Å². The van der Waals surface area contributed by atoms with Crippen molar-refractivity contribution in [2.24, 2.45) is 5.92 Å². The Morgan fingerprint density at radius 1 is 1.30 bits per heavy atom. The number of carbonyl (C=O) groups excluding carboxylic acids is 1. The zero-order valence-corrected chi connectivity index (χ0v) is 12.8. The molecule has 4 nitrogen and oxygen atoms in total. The molecule has 4 heteroatoms. The fourth-order valence-electron chi connectivity index (χ4n) is 2.91. The van der Waals surface area contributed by atoms with Gasteiger partial charge in [-0.3, -0.25) is 0 Å². The lowest BCUT2D eigenvalue weighted by Crippen LogP contribution is -2.52. The van der Waals surface area contributed by atoms with E-state index in [1.807, 2.05) is 20.8 Å². The van der Waals surface area contributed by atoms with Crippen molar-refractivity contribution in [3.05, 3.63) is 0 Å². The van der Waals surface area contributed by atoms with E-state index in [9.17, 15) is 4.79 Å². The van der Waals surface area contributed by atoms with Crippen molar-refractivity contribution in [3.8, 4) is 12.3 Å². The van der Waals surface area contributed by atoms with Gasteiger partial charge in [0, 0.05) is 31.1 Å². The van der Waals surface area contributed by atoms with Crippen LogP contribution in [0.2, 0.25) is 0 Å². The molecule has 0 unspecified atom stereocenters. The van der Waals surface area contributed by atoms with Gasteiger partial charge in [-0.25, -0.2) is 4.79 Å². The summed E-state index contributed by atoms with van der Waals surface area (Å²) in [4.78, 5) is 14.2. The molecule has 1 N–H and O–H groups in total. The van der Waals surface area contributed by atoms with Crippen molar-refractivity contribution in [3.63, 3.8) is 0 Å². The summed E-state index contributed by atoms with van der Waals surface area (Å²) in [5.41, 5.74) is -0.430. The lowest BCUT2D eigenvalue weighted by molar-refractivity contribution is 0.0421. The van der Waals surface area contributed by atoms with Crippen LogP contribution in [0.5, 0.6) is 0 Å². The number of likely N-dealkylation sites (tertiary alicyclic amines) is 1. The fraction of sp³-hybridized carbons (Fsp3) is 0.812. The van der Waals surface area contributed by atoms with E-state index in [1.54, 1.807) is 0 Å². The number of ether oxygens (including phenoxy) is 1. The zero-order valence-electron chi connectivity index (χ0n) is 12.8. The third-order valence-electron chi connectivity index (χ3n) is 4.12. The average Bonchev–Trinajstić information content (AvgIpc) is 2.27. The summed E-state index contributed by atoms with van der Waals surface area (Å²) in [6.45, 7) is 7.74. The van der Waals surface area contributed by atoms with Gasteiger partial charge >= 0.3 is 6.09 Å². The third-order valence-corrected chi connectivity index (χ3v) is 4.12. The van der Waals surface area contributed by atoms with Gasteiger partial charge in [0.2, 0.25) is 0 Å². The number of terminal acetylenes is 1. The summed E-state index contributed by atoms with van der Waals surface area (Å²) in [6.07, 6.45) is 9.40. The largest absolute Gasteiger partial charge is 0.444 e. The first kappa shape index (κ1) is 15.2. The Balaban J connectivity index is 1.67. The van der Waals surface area contributed by atoms with E-state index in [0.717, 1.165) is 38.8 Å². The number of carbonyl (C=O) groups is 1. The quantitative estimate of drug-likeness (QED) is 0.789. The Labute approximate surface area is 122 Å². The van der Waals surface area contributed by atoms with E-state index < -0.39 is 5.60 Å². The Morgan fingerprint density at radius 3 is 2.40 bits per heavy atom. The minimum Gasteiger partial charge on any atom is -0.444 e. The maximum absolute atomic E-state index is 11.7. The van der Waals surface area contributed by atoms with Crippen LogP contribution in [-0.4, -0.2) is 41.8 Å². The fourth-order valence-corrected chi connectivity index (χ4v) is 2.91. The molecule has 0 bridgehead atoms. The van der Waals surface area contributed by atoms with Crippen LogP contribution in [0, 0.1) is 18.3 Å². The second kappa shape index (κ2) is 6.05. The minimum absolute atomic E-state index is 0.240. The van der Waals surface area contributed by atoms with Gasteiger partial charge in [0.15, 0.2) is 0 Å². The summed E-state index contributed by atoms with van der Waals surface area (Å²) in [6, 6.07) is 0.906. The smallest absolute Gasteiger partial charge is 0.407 e. The van der Waals surface area contributed by atoms with E-state index in [4.69, 9.17) is 11.2 Å². The molecule has 0 radical (unpaired) electrons. The Hall–Kier alpha value is -1.21. The first-order chi connectivity index (χ1) is 9.37. The number of rotatable bonds is 2. The van der Waals surface area contributed by atoms with Gasteiger partial charge < -0.3 is 15.0 Å². The Morgan fingerprint density at radius 2 is 1.90 bits per heavy atom. The maximum Gasteiger partial charge on any atom is 0.407 e. The number of nitrogens with zero attached hydrogens (tertiary/aromatic N) is 1. The monoisotopic (exact) mass is 278 g/mol. The van der Waals surface area contributed by atoms with Gasteiger partial charge in [-0.2, -0.15) is 0 Å². The van der Waals surface area contributed by atoms with Crippen molar-refractivity contribution >= 4 is 6.09 Å². The minimum atomic E-state index is -0.430. The highest BCUT2D eigenvalue weighted by Gasteiger charge is 2.34. The predicted molar refractivity (Wildman–Crippen MR) is 79.3 cm³/mol. The van der Waals surface area contributed by atoms with Crippen molar-refractivity contribution < 1.29 is 9.53 Å². The lowest BCUT2D eigenvalue weighted by atomic mass is 9.79. The molecule has 1 saturated carbocycles. The topological polar surface area (TPSA) is 41.6 Å². The van der Waals surface area contributed by atoms with Crippen molar-refractivity contribution in [1.29, 1.82) is 0 Å². The van der Waals surface area contributed by atoms with Crippen LogP contribution in [0.3, 0.4) is 0 Å². The molecule has 2 fully saturated rings. The van der Waals surface area contributed by atoms with E-state index in [2.05, 4.69) is 16.1 Å². The number of hydrogen-bond acceptors (Lipinski definition) is 3. The highest BCUT2D eigenvalue weighted by atomic mass is 16.6. The highest BCUT2D eigenvalue weighted by molar-refractivity contribution is 5.68. The predicted octanol–water partition coefficient (Wildman–Crippen LogP) is 2.39. The molecule has 2 aliphatic rings. The van der Waals surface area contributed by atoms with Gasteiger partial charge in [0.1, 0.15) is 5.60 Å². The molecule has 0 aromatic heterocycles. The van der Waals surface area contributed by atoms with Crippen LogP contribution < -0.4 is 5.32 Å². The molecule has 2 rings (SSSR count). The van der Waals surface area contributed by atoms with Gasteiger partial charge in [-0.05, 0) is 46.5 Å². The average molecular weight is 278 g/mol. The Kier molecular flexibility index (Phi) is 4.59. The van der Waals surface area contributed by atoms with Crippen molar-refractivity contribution in [2.75, 3.05) is 13.1 Å². The molecule has 20 heavy (non-hydrogen) atoms. The summed E-state index contributed by atoms with van der Waals surface area (Å²) in [5.74, 6) is 3.31. The second-order valence-corrected chi connectivity index (χ2v) is 6.95. The van der Waals surface area contributed by atoms with Gasteiger partial charge in [0.25, 0.3) is 0 Å². The van der Waals surface area contributed by atoms with Crippen LogP contribution in [-0.2, 0) is 4.74 Å². The normalized spacial score (nSPS) is 28.3. The van der Waals surface area contributed by atoms with E-state index in [1.165, 1.54) is 0 Å². The van der Waals surface area contributed by atoms with Crippen LogP contribution in [0.15, 0.2) is 0 Å². The van der Waals surface area contributed by atoms with Crippen LogP contribution in [0.25, 0.3) is 0 Å². The number of piperidine rings is 1. The molecule has 1 aliphatic heterocycles. The van der Waals surface area contributed by atoms with Gasteiger partial charge in [-0.1, -0.05) is 0 Å². The van der Waals surface area contributed by atoms with E-state index >= 15 is 0 Å². The van der Waals surface area contributed by atoms with Crippen molar-refractivity contribution in [2.45, 2.75) is 64.1 Å². The lowest BCUT2D eigenvalue weighted by Gasteiger charge is -2.44. The molecule has 0 aromatic carbocycles. The van der Waals surface area contributed by atoms with E-state index in [0.29, 0.717) is 12.0 Å². The third kappa shape index (κ3) is 4.14. The molecule has 1 amide bonds. The summed E-state index contributed by atoms with van der Waals surface area (Å²) < 4.78 is 5.29. The Bertz CT molecular complexity index is 380. The molecule has 1 saturated heterocycles. The molecule has 0 spiro atoms. The standard InChI is InChI=1S/C16H26N2O2/c1-5-12-10-14(11-12)18-8-6-13(7-9-18)17-15(19)20-16(2,3)4/h1,12-14H,6-11H2,2-4H3,(H,17,19). The first-order valence-corrected chi connectivity index (χ1v) is 7.57. The first-order valence-electron chi connectivity index (χ1n) is 7.57. The SMILES string of the molecule is C#CC1CC(N2CCC(NC(=O)OC(C)(C)C)CC2)C1. The molecule has 1 heterocycles.